The average Bonchev–Trinajstić information content (AvgIpc) is 2.78. The number of rotatable bonds is 4. The number of H-pyrrole nitrogens is 1. The third-order valence-corrected chi connectivity index (χ3v) is 2.91. The fourth-order valence-corrected chi connectivity index (χ4v) is 1.91. The molecule has 0 unspecified atom stereocenters. The average molecular weight is 275 g/mol. The number of hydroxylamine groups is 1. The first-order chi connectivity index (χ1) is 9.37. The Kier molecular flexibility index (Phi) is 4.11. The number of para-hydroxylation sites is 1. The van der Waals surface area contributed by atoms with Crippen molar-refractivity contribution < 1.29 is 9.63 Å². The van der Waals surface area contributed by atoms with E-state index in [2.05, 4.69) is 10.5 Å². The SMILES string of the molecule is CC(C)(C)ONC(=O)[C@H](N)Cc1c[nH]c2ccccc12. The Labute approximate surface area is 118 Å². The zero-order valence-electron chi connectivity index (χ0n) is 12.1. The van der Waals surface area contributed by atoms with Crippen LogP contribution in [-0.4, -0.2) is 22.5 Å². The van der Waals surface area contributed by atoms with Crippen LogP contribution in [0.25, 0.3) is 10.9 Å². The summed E-state index contributed by atoms with van der Waals surface area (Å²) >= 11 is 0. The van der Waals surface area contributed by atoms with E-state index in [1.54, 1.807) is 0 Å². The molecular formula is C15H21N3O2. The predicted octanol–water partition coefficient (Wildman–Crippen LogP) is 1.88. The van der Waals surface area contributed by atoms with Gasteiger partial charge in [0.05, 0.1) is 11.6 Å². The van der Waals surface area contributed by atoms with Crippen LogP contribution in [0, 0.1) is 0 Å². The van der Waals surface area contributed by atoms with E-state index < -0.39 is 11.6 Å². The van der Waals surface area contributed by atoms with Crippen molar-refractivity contribution >= 4 is 16.8 Å². The fraction of sp³-hybridized carbons (Fsp3) is 0.400. The minimum atomic E-state index is -0.642. The van der Waals surface area contributed by atoms with E-state index in [0.717, 1.165) is 16.5 Å². The van der Waals surface area contributed by atoms with Crippen molar-refractivity contribution in [2.75, 3.05) is 0 Å². The first kappa shape index (κ1) is 14.6. The van der Waals surface area contributed by atoms with Crippen LogP contribution in [0.2, 0.25) is 0 Å². The van der Waals surface area contributed by atoms with Gasteiger partial charge in [0.1, 0.15) is 0 Å². The van der Waals surface area contributed by atoms with Gasteiger partial charge in [0, 0.05) is 17.1 Å². The second-order valence-corrected chi connectivity index (χ2v) is 5.85. The first-order valence-corrected chi connectivity index (χ1v) is 6.65. The van der Waals surface area contributed by atoms with Gasteiger partial charge < -0.3 is 10.7 Å². The standard InChI is InChI=1S/C15H21N3O2/c1-15(2,3)20-18-14(19)12(16)8-10-9-17-13-7-5-4-6-11(10)13/h4-7,9,12,17H,8,16H2,1-3H3,(H,18,19)/t12-/m1/s1. The third kappa shape index (κ3) is 3.59. The molecule has 1 atom stereocenters. The van der Waals surface area contributed by atoms with Crippen LogP contribution in [-0.2, 0) is 16.1 Å². The normalized spacial score (nSPS) is 13.4. The number of carbonyl (C=O) groups excluding carboxylic acids is 1. The van der Waals surface area contributed by atoms with Crippen molar-refractivity contribution in [1.82, 2.24) is 10.5 Å². The highest BCUT2D eigenvalue weighted by Crippen LogP contribution is 2.18. The number of amides is 1. The first-order valence-electron chi connectivity index (χ1n) is 6.65. The van der Waals surface area contributed by atoms with Gasteiger partial charge in [0.2, 0.25) is 0 Å². The highest BCUT2D eigenvalue weighted by molar-refractivity contribution is 5.85. The quantitative estimate of drug-likeness (QED) is 0.745. The molecule has 0 aliphatic rings. The van der Waals surface area contributed by atoms with Gasteiger partial charge in [-0.15, -0.1) is 0 Å². The molecule has 0 spiro atoms. The molecule has 5 nitrogen and oxygen atoms in total. The molecule has 0 aliphatic carbocycles. The molecule has 0 fully saturated rings. The Morgan fingerprint density at radius 3 is 2.80 bits per heavy atom. The molecule has 0 radical (unpaired) electrons. The Morgan fingerprint density at radius 2 is 2.10 bits per heavy atom. The van der Waals surface area contributed by atoms with E-state index in [1.807, 2.05) is 51.2 Å². The lowest BCUT2D eigenvalue weighted by molar-refractivity contribution is -0.146. The van der Waals surface area contributed by atoms with Gasteiger partial charge in [0.15, 0.2) is 0 Å². The minimum absolute atomic E-state index is 0.315. The number of aromatic nitrogens is 1. The molecule has 0 bridgehead atoms. The molecule has 1 heterocycles. The number of fused-ring (bicyclic) bond motifs is 1. The smallest absolute Gasteiger partial charge is 0.260 e. The van der Waals surface area contributed by atoms with Gasteiger partial charge in [-0.05, 0) is 38.8 Å². The highest BCUT2D eigenvalue weighted by atomic mass is 16.7. The summed E-state index contributed by atoms with van der Waals surface area (Å²) in [5, 5.41) is 1.09. The van der Waals surface area contributed by atoms with E-state index in [9.17, 15) is 4.79 Å². The molecule has 4 N–H and O–H groups in total. The monoisotopic (exact) mass is 275 g/mol. The van der Waals surface area contributed by atoms with Gasteiger partial charge >= 0.3 is 0 Å². The zero-order chi connectivity index (χ0) is 14.8. The van der Waals surface area contributed by atoms with Gasteiger partial charge in [-0.3, -0.25) is 9.63 Å². The Balaban J connectivity index is 2.00. The third-order valence-electron chi connectivity index (χ3n) is 2.91. The van der Waals surface area contributed by atoms with Gasteiger partial charge in [-0.25, -0.2) is 5.48 Å². The van der Waals surface area contributed by atoms with Crippen molar-refractivity contribution in [3.05, 3.63) is 36.0 Å². The molecule has 20 heavy (non-hydrogen) atoms. The molecule has 2 rings (SSSR count). The molecular weight excluding hydrogens is 254 g/mol. The number of nitrogens with one attached hydrogen (secondary N) is 2. The van der Waals surface area contributed by atoms with Crippen LogP contribution in [0.4, 0.5) is 0 Å². The van der Waals surface area contributed by atoms with E-state index >= 15 is 0 Å². The lowest BCUT2D eigenvalue weighted by Crippen LogP contribution is -2.44. The van der Waals surface area contributed by atoms with Gasteiger partial charge in [0.25, 0.3) is 5.91 Å². The Hall–Kier alpha value is -1.85. The maximum atomic E-state index is 11.9. The fourth-order valence-electron chi connectivity index (χ4n) is 1.91. The van der Waals surface area contributed by atoms with Crippen LogP contribution >= 0.6 is 0 Å². The molecule has 0 aliphatic heterocycles. The van der Waals surface area contributed by atoms with Crippen molar-refractivity contribution in [2.45, 2.75) is 38.8 Å². The largest absolute Gasteiger partial charge is 0.361 e. The minimum Gasteiger partial charge on any atom is -0.361 e. The molecule has 0 saturated carbocycles. The summed E-state index contributed by atoms with van der Waals surface area (Å²) in [5.41, 5.74) is 9.97. The van der Waals surface area contributed by atoms with Crippen LogP contribution in [0.15, 0.2) is 30.5 Å². The van der Waals surface area contributed by atoms with Crippen molar-refractivity contribution in [1.29, 1.82) is 0 Å². The summed E-state index contributed by atoms with van der Waals surface area (Å²) in [7, 11) is 0. The van der Waals surface area contributed by atoms with Gasteiger partial charge in [-0.1, -0.05) is 18.2 Å². The molecule has 5 heteroatoms. The summed E-state index contributed by atoms with van der Waals surface area (Å²) in [6.07, 6.45) is 2.35. The number of nitrogens with two attached hydrogens (primary N) is 1. The maximum Gasteiger partial charge on any atom is 0.260 e. The lowest BCUT2D eigenvalue weighted by atomic mass is 10.1. The molecule has 1 aromatic carbocycles. The number of hydrogen-bond acceptors (Lipinski definition) is 3. The maximum absolute atomic E-state index is 11.9. The lowest BCUT2D eigenvalue weighted by Gasteiger charge is -2.20. The highest BCUT2D eigenvalue weighted by Gasteiger charge is 2.19. The van der Waals surface area contributed by atoms with Gasteiger partial charge in [-0.2, -0.15) is 0 Å². The van der Waals surface area contributed by atoms with Crippen molar-refractivity contribution in [2.24, 2.45) is 5.73 Å². The summed E-state index contributed by atoms with van der Waals surface area (Å²) in [6.45, 7) is 5.58. The van der Waals surface area contributed by atoms with Crippen LogP contribution in [0.3, 0.4) is 0 Å². The number of aromatic amines is 1. The number of carbonyl (C=O) groups is 1. The van der Waals surface area contributed by atoms with E-state index in [4.69, 9.17) is 10.6 Å². The predicted molar refractivity (Wildman–Crippen MR) is 79.0 cm³/mol. The van der Waals surface area contributed by atoms with Crippen LogP contribution < -0.4 is 11.2 Å². The molecule has 108 valence electrons. The molecule has 0 saturated heterocycles. The molecule has 1 aromatic heterocycles. The second-order valence-electron chi connectivity index (χ2n) is 5.85. The number of benzene rings is 1. The summed E-state index contributed by atoms with van der Waals surface area (Å²) in [5.74, 6) is -0.315. The summed E-state index contributed by atoms with van der Waals surface area (Å²) < 4.78 is 0. The topological polar surface area (TPSA) is 80.1 Å². The van der Waals surface area contributed by atoms with Crippen LogP contribution in [0.5, 0.6) is 0 Å². The van der Waals surface area contributed by atoms with E-state index in [-0.39, 0.29) is 5.91 Å². The summed E-state index contributed by atoms with van der Waals surface area (Å²) in [4.78, 5) is 20.3. The second kappa shape index (κ2) is 5.64. The Morgan fingerprint density at radius 1 is 1.40 bits per heavy atom. The van der Waals surface area contributed by atoms with Crippen molar-refractivity contribution in [3.8, 4) is 0 Å². The number of hydrogen-bond donors (Lipinski definition) is 3. The molecule has 2 aromatic rings. The van der Waals surface area contributed by atoms with E-state index in [0.29, 0.717) is 6.42 Å². The van der Waals surface area contributed by atoms with Crippen molar-refractivity contribution in [3.63, 3.8) is 0 Å². The zero-order valence-corrected chi connectivity index (χ0v) is 12.1. The van der Waals surface area contributed by atoms with Crippen LogP contribution in [0.1, 0.15) is 26.3 Å². The molecule has 1 amide bonds. The Bertz CT molecular complexity index is 598. The summed E-state index contributed by atoms with van der Waals surface area (Å²) in [6, 6.07) is 7.29. The van der Waals surface area contributed by atoms with E-state index in [1.165, 1.54) is 0 Å².